The predicted octanol–water partition coefficient (Wildman–Crippen LogP) is 2.48. The predicted molar refractivity (Wildman–Crippen MR) is 104 cm³/mol. The molecule has 1 amide bonds. The number of para-hydroxylation sites is 1. The van der Waals surface area contributed by atoms with Gasteiger partial charge in [0, 0.05) is 23.5 Å². The number of phenolic OH excluding ortho intramolecular Hbond substituents is 1. The molecular weight excluding hydrogens is 347 g/mol. The van der Waals surface area contributed by atoms with E-state index in [2.05, 4.69) is 10.3 Å². The van der Waals surface area contributed by atoms with Gasteiger partial charge in [0.05, 0.1) is 5.52 Å². The average molecular weight is 370 g/mol. The molecule has 1 unspecified atom stereocenters. The number of phenols is 1. The third kappa shape index (κ3) is 4.10. The molecule has 7 heteroatoms. The highest BCUT2D eigenvalue weighted by Crippen LogP contribution is 2.36. The molecule has 0 saturated carbocycles. The maximum Gasteiger partial charge on any atom is 0.268 e. The molecule has 0 bridgehead atoms. The van der Waals surface area contributed by atoms with E-state index >= 15 is 0 Å². The van der Waals surface area contributed by atoms with Gasteiger partial charge >= 0.3 is 0 Å². The summed E-state index contributed by atoms with van der Waals surface area (Å²) < 4.78 is 13.3. The number of benzene rings is 2. The zero-order valence-electron chi connectivity index (χ0n) is 14.8. The van der Waals surface area contributed by atoms with Crippen LogP contribution in [-0.4, -0.2) is 35.1 Å². The number of nitrogens with two attached hydrogens (primary N) is 2. The number of carbonyl (C=O) groups excluding carboxylic acids is 1. The van der Waals surface area contributed by atoms with Crippen LogP contribution < -0.4 is 16.8 Å². The average Bonchev–Trinajstić information content (AvgIpc) is 3.06. The lowest BCUT2D eigenvalue weighted by Gasteiger charge is -2.12. The summed E-state index contributed by atoms with van der Waals surface area (Å²) in [6.45, 7) is 0.862. The summed E-state index contributed by atoms with van der Waals surface area (Å²) in [4.78, 5) is 15.8. The van der Waals surface area contributed by atoms with Crippen molar-refractivity contribution in [2.75, 3.05) is 13.1 Å². The molecule has 0 fully saturated rings. The van der Waals surface area contributed by atoms with E-state index in [-0.39, 0.29) is 23.5 Å². The quantitative estimate of drug-likeness (QED) is 0.439. The number of amides is 1. The Bertz CT molecular complexity index is 937. The second-order valence-corrected chi connectivity index (χ2v) is 6.48. The lowest BCUT2D eigenvalue weighted by molar-refractivity contribution is 0.0947. The van der Waals surface area contributed by atoms with E-state index < -0.39 is 0 Å². The van der Waals surface area contributed by atoms with Crippen molar-refractivity contribution in [3.63, 3.8) is 0 Å². The molecule has 0 radical (unpaired) electrons. The van der Waals surface area contributed by atoms with Crippen molar-refractivity contribution in [3.8, 4) is 16.9 Å². The molecule has 7 N–H and O–H groups in total. The summed E-state index contributed by atoms with van der Waals surface area (Å²) in [6.07, 6.45) is 1.51. The number of fused-ring (bicyclic) bond motifs is 1. The van der Waals surface area contributed by atoms with E-state index in [4.69, 9.17) is 11.5 Å². The molecular formula is C20H23FN4O2. The van der Waals surface area contributed by atoms with E-state index in [1.165, 1.54) is 18.2 Å². The van der Waals surface area contributed by atoms with Crippen molar-refractivity contribution in [2.45, 2.75) is 18.9 Å². The van der Waals surface area contributed by atoms with Crippen LogP contribution in [0.1, 0.15) is 23.3 Å². The molecule has 1 aromatic heterocycles. The topological polar surface area (TPSA) is 117 Å². The van der Waals surface area contributed by atoms with Crippen LogP contribution in [0.4, 0.5) is 4.39 Å². The van der Waals surface area contributed by atoms with Crippen LogP contribution in [-0.2, 0) is 0 Å². The van der Waals surface area contributed by atoms with Crippen LogP contribution in [0.25, 0.3) is 22.0 Å². The van der Waals surface area contributed by atoms with Crippen LogP contribution in [0, 0.1) is 5.82 Å². The molecule has 142 valence electrons. The lowest BCUT2D eigenvalue weighted by Crippen LogP contribution is -2.37. The van der Waals surface area contributed by atoms with E-state index in [1.807, 2.05) is 0 Å². The van der Waals surface area contributed by atoms with Crippen LogP contribution in [0.15, 0.2) is 42.5 Å². The summed E-state index contributed by atoms with van der Waals surface area (Å²) in [7, 11) is 0. The normalized spacial score (nSPS) is 12.3. The number of rotatable bonds is 7. The lowest BCUT2D eigenvalue weighted by atomic mass is 10.0. The van der Waals surface area contributed by atoms with Gasteiger partial charge < -0.3 is 26.9 Å². The minimum Gasteiger partial charge on any atom is -0.506 e. The standard InChI is InChI=1S/C20H23FN4O2/c21-13-8-6-12(7-9-13)17-15-4-1-5-16(26)18(15)25-19(17)20(27)24-11-14(23)3-2-10-22/h1,4-9,14,25-26H,2-3,10-11,22-23H2,(H,24,27). The monoisotopic (exact) mass is 370 g/mol. The fourth-order valence-electron chi connectivity index (χ4n) is 3.08. The van der Waals surface area contributed by atoms with Gasteiger partial charge in [-0.1, -0.05) is 24.3 Å². The molecule has 0 aliphatic heterocycles. The maximum absolute atomic E-state index is 13.3. The third-order valence-corrected chi connectivity index (χ3v) is 4.48. The number of aromatic hydroxyl groups is 1. The van der Waals surface area contributed by atoms with Gasteiger partial charge in [0.1, 0.15) is 17.3 Å². The molecule has 27 heavy (non-hydrogen) atoms. The molecule has 0 aliphatic carbocycles. The zero-order chi connectivity index (χ0) is 19.4. The summed E-state index contributed by atoms with van der Waals surface area (Å²) in [6, 6.07) is 10.7. The summed E-state index contributed by atoms with van der Waals surface area (Å²) in [5.41, 5.74) is 13.5. The van der Waals surface area contributed by atoms with Crippen molar-refractivity contribution in [3.05, 3.63) is 54.0 Å². The number of hydrogen-bond acceptors (Lipinski definition) is 4. The fourth-order valence-corrected chi connectivity index (χ4v) is 3.08. The highest BCUT2D eigenvalue weighted by atomic mass is 19.1. The molecule has 2 aromatic carbocycles. The number of halogens is 1. The van der Waals surface area contributed by atoms with Gasteiger partial charge in [-0.25, -0.2) is 4.39 Å². The number of aromatic amines is 1. The zero-order valence-corrected chi connectivity index (χ0v) is 14.8. The Balaban J connectivity index is 1.96. The van der Waals surface area contributed by atoms with E-state index in [0.29, 0.717) is 40.8 Å². The minimum absolute atomic E-state index is 0.0366. The Morgan fingerprint density at radius 1 is 1.22 bits per heavy atom. The number of H-pyrrole nitrogens is 1. The number of carbonyl (C=O) groups is 1. The molecule has 3 aromatic rings. The first-order valence-electron chi connectivity index (χ1n) is 8.84. The van der Waals surface area contributed by atoms with Gasteiger partial charge in [-0.05, 0) is 43.1 Å². The van der Waals surface area contributed by atoms with Gasteiger partial charge in [-0.3, -0.25) is 4.79 Å². The molecule has 0 aliphatic rings. The first-order chi connectivity index (χ1) is 13.0. The smallest absolute Gasteiger partial charge is 0.268 e. The second-order valence-electron chi connectivity index (χ2n) is 6.48. The van der Waals surface area contributed by atoms with Gasteiger partial charge in [0.15, 0.2) is 0 Å². The van der Waals surface area contributed by atoms with Crippen molar-refractivity contribution in [1.82, 2.24) is 10.3 Å². The molecule has 0 saturated heterocycles. The largest absolute Gasteiger partial charge is 0.506 e. The molecule has 1 atom stereocenters. The Labute approximate surface area is 156 Å². The van der Waals surface area contributed by atoms with E-state index in [1.54, 1.807) is 24.3 Å². The van der Waals surface area contributed by atoms with Crippen LogP contribution in [0.3, 0.4) is 0 Å². The molecule has 0 spiro atoms. The van der Waals surface area contributed by atoms with Gasteiger partial charge in [0.2, 0.25) is 0 Å². The Hall–Kier alpha value is -2.90. The van der Waals surface area contributed by atoms with Crippen molar-refractivity contribution in [2.24, 2.45) is 11.5 Å². The third-order valence-electron chi connectivity index (χ3n) is 4.48. The Morgan fingerprint density at radius 2 is 1.96 bits per heavy atom. The summed E-state index contributed by atoms with van der Waals surface area (Å²) >= 11 is 0. The summed E-state index contributed by atoms with van der Waals surface area (Å²) in [5, 5.41) is 13.6. The first-order valence-corrected chi connectivity index (χ1v) is 8.84. The highest BCUT2D eigenvalue weighted by Gasteiger charge is 2.21. The van der Waals surface area contributed by atoms with Gasteiger partial charge in [-0.2, -0.15) is 0 Å². The highest BCUT2D eigenvalue weighted by molar-refractivity contribution is 6.10. The Morgan fingerprint density at radius 3 is 2.67 bits per heavy atom. The first kappa shape index (κ1) is 18.9. The Kier molecular flexibility index (Phi) is 5.73. The second kappa shape index (κ2) is 8.20. The van der Waals surface area contributed by atoms with E-state index in [0.717, 1.165) is 12.8 Å². The fraction of sp³-hybridized carbons (Fsp3) is 0.250. The maximum atomic E-state index is 13.3. The number of hydrogen-bond donors (Lipinski definition) is 5. The van der Waals surface area contributed by atoms with Crippen LogP contribution in [0.5, 0.6) is 5.75 Å². The summed E-state index contributed by atoms with van der Waals surface area (Å²) in [5.74, 6) is -0.666. The molecule has 1 heterocycles. The van der Waals surface area contributed by atoms with Crippen molar-refractivity contribution in [1.29, 1.82) is 0 Å². The SMILES string of the molecule is NCCCC(N)CNC(=O)c1[nH]c2c(O)cccc2c1-c1ccc(F)cc1. The van der Waals surface area contributed by atoms with Crippen LogP contribution in [0.2, 0.25) is 0 Å². The van der Waals surface area contributed by atoms with Crippen LogP contribution >= 0.6 is 0 Å². The van der Waals surface area contributed by atoms with E-state index in [9.17, 15) is 14.3 Å². The van der Waals surface area contributed by atoms with Crippen molar-refractivity contribution < 1.29 is 14.3 Å². The number of nitrogens with one attached hydrogen (secondary N) is 2. The molecule has 3 rings (SSSR count). The van der Waals surface area contributed by atoms with Gasteiger partial charge in [0.25, 0.3) is 5.91 Å². The minimum atomic E-state index is -0.363. The molecule has 6 nitrogen and oxygen atoms in total. The van der Waals surface area contributed by atoms with Gasteiger partial charge in [-0.15, -0.1) is 0 Å². The van der Waals surface area contributed by atoms with Crippen molar-refractivity contribution >= 4 is 16.8 Å². The number of aromatic nitrogens is 1.